The van der Waals surface area contributed by atoms with E-state index in [1.54, 1.807) is 12.3 Å². The molecule has 0 spiro atoms. The van der Waals surface area contributed by atoms with E-state index in [9.17, 15) is 4.79 Å². The second-order valence-electron chi connectivity index (χ2n) is 5.16. The molecule has 5 nitrogen and oxygen atoms in total. The zero-order chi connectivity index (χ0) is 14.4. The lowest BCUT2D eigenvalue weighted by Crippen LogP contribution is -2.36. The topological polar surface area (TPSA) is 65.5 Å². The van der Waals surface area contributed by atoms with Crippen molar-refractivity contribution in [1.82, 2.24) is 10.3 Å². The summed E-state index contributed by atoms with van der Waals surface area (Å²) in [6.07, 6.45) is 5.43. The first-order valence-corrected chi connectivity index (χ1v) is 7.38. The van der Waals surface area contributed by atoms with E-state index >= 15 is 0 Å². The fourth-order valence-electron chi connectivity index (χ4n) is 2.55. The number of hydrogen-bond donors (Lipinski definition) is 2. The Bertz CT molecular complexity index is 444. The number of anilines is 1. The Balaban J connectivity index is 2.12. The van der Waals surface area contributed by atoms with Crippen LogP contribution in [0, 0.1) is 0 Å². The molecular weight excluding hydrogens is 254 g/mol. The highest BCUT2D eigenvalue weighted by Gasteiger charge is 2.21. The fourth-order valence-corrected chi connectivity index (χ4v) is 2.55. The Hall–Kier alpha value is -1.62. The molecule has 2 heterocycles. The molecule has 1 saturated heterocycles. The van der Waals surface area contributed by atoms with E-state index in [4.69, 9.17) is 5.11 Å². The van der Waals surface area contributed by atoms with E-state index in [1.165, 1.54) is 0 Å². The van der Waals surface area contributed by atoms with Gasteiger partial charge in [0.15, 0.2) is 0 Å². The summed E-state index contributed by atoms with van der Waals surface area (Å²) in [6.45, 7) is 4.02. The van der Waals surface area contributed by atoms with Crippen LogP contribution in [0.3, 0.4) is 0 Å². The van der Waals surface area contributed by atoms with Crippen LogP contribution in [0.1, 0.15) is 43.0 Å². The van der Waals surface area contributed by atoms with Crippen LogP contribution < -0.4 is 10.2 Å². The normalized spacial score (nSPS) is 16.2. The molecule has 0 bridgehead atoms. The van der Waals surface area contributed by atoms with Gasteiger partial charge in [-0.15, -0.1) is 0 Å². The highest BCUT2D eigenvalue weighted by molar-refractivity contribution is 5.99. The number of carbonyl (C=O) groups excluding carboxylic acids is 1. The Morgan fingerprint density at radius 1 is 1.50 bits per heavy atom. The number of rotatable bonds is 6. The Morgan fingerprint density at radius 2 is 2.25 bits per heavy atom. The molecule has 1 unspecified atom stereocenters. The van der Waals surface area contributed by atoms with Crippen LogP contribution in [0.25, 0.3) is 0 Å². The number of nitrogens with zero attached hydrogens (tertiary/aromatic N) is 2. The zero-order valence-electron chi connectivity index (χ0n) is 12.0. The van der Waals surface area contributed by atoms with Crippen molar-refractivity contribution < 1.29 is 9.90 Å². The second-order valence-corrected chi connectivity index (χ2v) is 5.16. The first-order chi connectivity index (χ1) is 9.76. The SMILES string of the molecule is CCC(CCO)NC(=O)c1cccnc1N1CCCC1. The highest BCUT2D eigenvalue weighted by Crippen LogP contribution is 2.22. The summed E-state index contributed by atoms with van der Waals surface area (Å²) in [7, 11) is 0. The van der Waals surface area contributed by atoms with E-state index < -0.39 is 0 Å². The number of hydrogen-bond acceptors (Lipinski definition) is 4. The lowest BCUT2D eigenvalue weighted by Gasteiger charge is -2.21. The number of aliphatic hydroxyl groups excluding tert-OH is 1. The molecule has 1 atom stereocenters. The molecule has 2 rings (SSSR count). The van der Waals surface area contributed by atoms with Crippen molar-refractivity contribution in [2.45, 2.75) is 38.6 Å². The summed E-state index contributed by atoms with van der Waals surface area (Å²) in [5, 5.41) is 12.0. The minimum absolute atomic E-state index is 0.0131. The number of aliphatic hydroxyl groups is 1. The van der Waals surface area contributed by atoms with Crippen molar-refractivity contribution >= 4 is 11.7 Å². The van der Waals surface area contributed by atoms with Crippen LogP contribution in [0.2, 0.25) is 0 Å². The van der Waals surface area contributed by atoms with Gasteiger partial charge in [0.2, 0.25) is 0 Å². The van der Waals surface area contributed by atoms with Crippen LogP contribution in [0.4, 0.5) is 5.82 Å². The molecule has 0 aliphatic carbocycles. The maximum absolute atomic E-state index is 12.4. The molecule has 0 saturated carbocycles. The largest absolute Gasteiger partial charge is 0.396 e. The average molecular weight is 277 g/mol. The molecule has 5 heteroatoms. The van der Waals surface area contributed by atoms with Crippen molar-refractivity contribution in [2.24, 2.45) is 0 Å². The maximum Gasteiger partial charge on any atom is 0.255 e. The van der Waals surface area contributed by atoms with Crippen LogP contribution in [-0.2, 0) is 0 Å². The number of nitrogens with one attached hydrogen (secondary N) is 1. The van der Waals surface area contributed by atoms with Gasteiger partial charge in [0.1, 0.15) is 5.82 Å². The molecular formula is C15H23N3O2. The third-order valence-electron chi connectivity index (χ3n) is 3.74. The van der Waals surface area contributed by atoms with E-state index in [0.29, 0.717) is 12.0 Å². The molecule has 1 aromatic rings. The van der Waals surface area contributed by atoms with Gasteiger partial charge in [-0.1, -0.05) is 6.92 Å². The van der Waals surface area contributed by atoms with E-state index in [-0.39, 0.29) is 18.6 Å². The number of pyridine rings is 1. The van der Waals surface area contributed by atoms with Crippen molar-refractivity contribution in [2.75, 3.05) is 24.6 Å². The molecule has 1 aromatic heterocycles. The van der Waals surface area contributed by atoms with Gasteiger partial charge in [-0.05, 0) is 37.8 Å². The molecule has 0 radical (unpaired) electrons. The van der Waals surface area contributed by atoms with Gasteiger partial charge in [-0.3, -0.25) is 4.79 Å². The molecule has 1 fully saturated rings. The average Bonchev–Trinajstić information content (AvgIpc) is 3.00. The molecule has 1 aliphatic heterocycles. The first kappa shape index (κ1) is 14.8. The molecule has 2 N–H and O–H groups in total. The summed E-state index contributed by atoms with van der Waals surface area (Å²) >= 11 is 0. The van der Waals surface area contributed by atoms with Crippen LogP contribution in [0.5, 0.6) is 0 Å². The predicted molar refractivity (Wildman–Crippen MR) is 78.9 cm³/mol. The lowest BCUT2D eigenvalue weighted by molar-refractivity contribution is 0.0929. The Morgan fingerprint density at radius 3 is 2.90 bits per heavy atom. The number of amides is 1. The van der Waals surface area contributed by atoms with Gasteiger partial charge in [-0.2, -0.15) is 0 Å². The minimum atomic E-state index is -0.0969. The summed E-state index contributed by atoms with van der Waals surface area (Å²) in [5.74, 6) is 0.682. The van der Waals surface area contributed by atoms with Crippen molar-refractivity contribution in [1.29, 1.82) is 0 Å². The zero-order valence-corrected chi connectivity index (χ0v) is 12.0. The van der Waals surface area contributed by atoms with Gasteiger partial charge in [0.25, 0.3) is 5.91 Å². The van der Waals surface area contributed by atoms with Crippen LogP contribution in [-0.4, -0.2) is 41.7 Å². The van der Waals surface area contributed by atoms with Crippen molar-refractivity contribution in [3.05, 3.63) is 23.9 Å². The standard InChI is InChI=1S/C15H23N3O2/c1-2-12(7-11-19)17-15(20)13-6-5-8-16-14(13)18-9-3-4-10-18/h5-6,8,12,19H,2-4,7,9-11H2,1H3,(H,17,20). The first-order valence-electron chi connectivity index (χ1n) is 7.38. The summed E-state index contributed by atoms with van der Waals surface area (Å²) in [6, 6.07) is 3.63. The van der Waals surface area contributed by atoms with E-state index in [2.05, 4.69) is 15.2 Å². The quantitative estimate of drug-likeness (QED) is 0.828. The van der Waals surface area contributed by atoms with Crippen LogP contribution in [0.15, 0.2) is 18.3 Å². The van der Waals surface area contributed by atoms with Gasteiger partial charge in [0, 0.05) is 31.9 Å². The molecule has 110 valence electrons. The highest BCUT2D eigenvalue weighted by atomic mass is 16.3. The predicted octanol–water partition coefficient (Wildman–Crippen LogP) is 1.57. The molecule has 20 heavy (non-hydrogen) atoms. The Labute approximate surface area is 120 Å². The van der Waals surface area contributed by atoms with Crippen molar-refractivity contribution in [3.8, 4) is 0 Å². The fraction of sp³-hybridized carbons (Fsp3) is 0.600. The van der Waals surface area contributed by atoms with Gasteiger partial charge >= 0.3 is 0 Å². The second kappa shape index (κ2) is 7.24. The monoisotopic (exact) mass is 277 g/mol. The number of aromatic nitrogens is 1. The Kier molecular flexibility index (Phi) is 5.35. The third kappa shape index (κ3) is 3.48. The van der Waals surface area contributed by atoms with Crippen LogP contribution >= 0.6 is 0 Å². The van der Waals surface area contributed by atoms with Gasteiger partial charge in [0.05, 0.1) is 5.56 Å². The minimum Gasteiger partial charge on any atom is -0.396 e. The lowest BCUT2D eigenvalue weighted by atomic mass is 10.1. The summed E-state index contributed by atoms with van der Waals surface area (Å²) < 4.78 is 0. The summed E-state index contributed by atoms with van der Waals surface area (Å²) in [5.41, 5.74) is 0.630. The van der Waals surface area contributed by atoms with Gasteiger partial charge < -0.3 is 15.3 Å². The van der Waals surface area contributed by atoms with Crippen molar-refractivity contribution in [3.63, 3.8) is 0 Å². The summed E-state index contributed by atoms with van der Waals surface area (Å²) in [4.78, 5) is 19.0. The van der Waals surface area contributed by atoms with Gasteiger partial charge in [-0.25, -0.2) is 4.98 Å². The maximum atomic E-state index is 12.4. The molecule has 1 amide bonds. The number of carbonyl (C=O) groups is 1. The van der Waals surface area contributed by atoms with E-state index in [1.807, 2.05) is 13.0 Å². The smallest absolute Gasteiger partial charge is 0.255 e. The third-order valence-corrected chi connectivity index (χ3v) is 3.74. The molecule has 0 aromatic carbocycles. The van der Waals surface area contributed by atoms with E-state index in [0.717, 1.165) is 38.2 Å². The molecule has 1 aliphatic rings.